The molecule has 0 aliphatic heterocycles. The summed E-state index contributed by atoms with van der Waals surface area (Å²) in [5.74, 6) is -0.230. The van der Waals surface area contributed by atoms with Gasteiger partial charge in [-0.1, -0.05) is 15.9 Å². The third-order valence-electron chi connectivity index (χ3n) is 1.91. The molecular formula is C10H13BrN2O3S. The Morgan fingerprint density at radius 3 is 2.35 bits per heavy atom. The first-order valence-electron chi connectivity index (χ1n) is 4.77. The Bertz CT molecular complexity index is 517. The Balaban J connectivity index is 2.87. The van der Waals surface area contributed by atoms with E-state index in [-0.39, 0.29) is 10.9 Å². The minimum atomic E-state index is -3.31. The minimum absolute atomic E-state index is 0.0198. The zero-order valence-electron chi connectivity index (χ0n) is 9.69. The normalized spacial score (nSPS) is 12.2. The number of sulfone groups is 1. The van der Waals surface area contributed by atoms with Gasteiger partial charge in [-0.15, -0.1) is 0 Å². The maximum atomic E-state index is 11.6. The van der Waals surface area contributed by atoms with Gasteiger partial charge in [-0.2, -0.15) is 0 Å². The predicted molar refractivity (Wildman–Crippen MR) is 69.0 cm³/mol. The molecule has 0 aliphatic rings. The van der Waals surface area contributed by atoms with E-state index in [1.807, 2.05) is 0 Å². The zero-order chi connectivity index (χ0) is 13.3. The van der Waals surface area contributed by atoms with Crippen LogP contribution < -0.4 is 5.32 Å². The van der Waals surface area contributed by atoms with Crippen molar-refractivity contribution < 1.29 is 13.2 Å². The van der Waals surface area contributed by atoms with Crippen LogP contribution in [0.25, 0.3) is 0 Å². The monoisotopic (exact) mass is 320 g/mol. The Morgan fingerprint density at radius 1 is 1.41 bits per heavy atom. The van der Waals surface area contributed by atoms with Crippen molar-refractivity contribution in [2.75, 3.05) is 11.6 Å². The lowest BCUT2D eigenvalue weighted by Crippen LogP contribution is -2.31. The fourth-order valence-corrected chi connectivity index (χ4v) is 1.61. The number of alkyl halides is 1. The summed E-state index contributed by atoms with van der Waals surface area (Å²) in [5.41, 5.74) is 0.454. The molecule has 94 valence electrons. The molecule has 1 N–H and O–H groups in total. The number of carbonyl (C=O) groups is 1. The smallest absolute Gasteiger partial charge is 0.240 e. The first-order chi connectivity index (χ1) is 7.60. The number of hydrogen-bond donors (Lipinski definition) is 1. The van der Waals surface area contributed by atoms with E-state index in [1.54, 1.807) is 13.8 Å². The van der Waals surface area contributed by atoms with Crippen molar-refractivity contribution >= 4 is 37.4 Å². The van der Waals surface area contributed by atoms with Crippen LogP contribution in [0.3, 0.4) is 0 Å². The lowest BCUT2D eigenvalue weighted by molar-refractivity contribution is -0.117. The van der Waals surface area contributed by atoms with Gasteiger partial charge in [0.25, 0.3) is 0 Å². The van der Waals surface area contributed by atoms with Gasteiger partial charge in [0.1, 0.15) is 0 Å². The van der Waals surface area contributed by atoms with E-state index >= 15 is 0 Å². The molecule has 1 aromatic heterocycles. The lowest BCUT2D eigenvalue weighted by atomic mass is 10.2. The molecule has 0 radical (unpaired) electrons. The molecule has 17 heavy (non-hydrogen) atoms. The number of pyridine rings is 1. The van der Waals surface area contributed by atoms with Crippen molar-refractivity contribution in [3.63, 3.8) is 0 Å². The minimum Gasteiger partial charge on any atom is -0.324 e. The highest BCUT2D eigenvalue weighted by Crippen LogP contribution is 2.19. The summed E-state index contributed by atoms with van der Waals surface area (Å²) in [6, 6.07) is 2.85. The van der Waals surface area contributed by atoms with Crippen molar-refractivity contribution in [1.82, 2.24) is 4.98 Å². The number of aromatic nitrogens is 1. The first kappa shape index (κ1) is 14.1. The molecule has 1 aromatic rings. The molecule has 1 heterocycles. The second-order valence-corrected chi connectivity index (χ2v) is 8.03. The van der Waals surface area contributed by atoms with Gasteiger partial charge in [-0.05, 0) is 26.0 Å². The van der Waals surface area contributed by atoms with Crippen molar-refractivity contribution in [2.24, 2.45) is 0 Å². The van der Waals surface area contributed by atoms with Crippen LogP contribution in [0.1, 0.15) is 13.8 Å². The van der Waals surface area contributed by atoms with Crippen molar-refractivity contribution in [3.05, 3.63) is 18.3 Å². The highest BCUT2D eigenvalue weighted by molar-refractivity contribution is 9.10. The number of amides is 1. The highest BCUT2D eigenvalue weighted by atomic mass is 79.9. The Labute approximate surface area is 109 Å². The fourth-order valence-electron chi connectivity index (χ4n) is 0.953. The number of halogens is 1. The number of nitrogens with zero attached hydrogens (tertiary/aromatic N) is 1. The third kappa shape index (κ3) is 4.08. The maximum absolute atomic E-state index is 11.6. The van der Waals surface area contributed by atoms with Crippen LogP contribution in [0.15, 0.2) is 23.4 Å². The van der Waals surface area contributed by atoms with Crippen LogP contribution in [0.5, 0.6) is 0 Å². The number of rotatable bonds is 3. The SMILES string of the molecule is CC(C)(Br)C(=O)Nc1ccc(S(C)(=O)=O)nc1. The first-order valence-corrected chi connectivity index (χ1v) is 7.45. The molecule has 0 unspecified atom stereocenters. The molecule has 0 spiro atoms. The molecule has 1 amide bonds. The van der Waals surface area contributed by atoms with Gasteiger partial charge < -0.3 is 5.32 Å². The second kappa shape index (κ2) is 4.73. The summed E-state index contributed by atoms with van der Waals surface area (Å²) in [6.07, 6.45) is 2.39. The summed E-state index contributed by atoms with van der Waals surface area (Å²) >= 11 is 3.22. The van der Waals surface area contributed by atoms with E-state index in [4.69, 9.17) is 0 Å². The Hall–Kier alpha value is -0.950. The predicted octanol–water partition coefficient (Wildman–Crippen LogP) is 1.60. The molecule has 0 bridgehead atoms. The van der Waals surface area contributed by atoms with Crippen molar-refractivity contribution in [1.29, 1.82) is 0 Å². The average Bonchev–Trinajstić information content (AvgIpc) is 2.15. The largest absolute Gasteiger partial charge is 0.324 e. The summed E-state index contributed by atoms with van der Waals surface area (Å²) in [5, 5.41) is 2.60. The second-order valence-electron chi connectivity index (χ2n) is 4.08. The molecule has 1 rings (SSSR count). The van der Waals surface area contributed by atoms with Gasteiger partial charge in [0.05, 0.1) is 16.2 Å². The van der Waals surface area contributed by atoms with Crippen LogP contribution in [-0.4, -0.2) is 29.9 Å². The summed E-state index contributed by atoms with van der Waals surface area (Å²) in [7, 11) is -3.31. The fraction of sp³-hybridized carbons (Fsp3) is 0.400. The van der Waals surface area contributed by atoms with Gasteiger partial charge in [0, 0.05) is 6.26 Å². The van der Waals surface area contributed by atoms with Crippen molar-refractivity contribution in [2.45, 2.75) is 23.2 Å². The number of carbonyl (C=O) groups excluding carboxylic acids is 1. The molecule has 0 atom stereocenters. The van der Waals surface area contributed by atoms with Gasteiger partial charge in [0.15, 0.2) is 14.9 Å². The molecule has 5 nitrogen and oxygen atoms in total. The van der Waals surface area contributed by atoms with E-state index < -0.39 is 14.2 Å². The summed E-state index contributed by atoms with van der Waals surface area (Å²) in [6.45, 7) is 3.42. The topological polar surface area (TPSA) is 76.1 Å². The lowest BCUT2D eigenvalue weighted by Gasteiger charge is -2.15. The molecule has 0 saturated carbocycles. The van der Waals surface area contributed by atoms with Gasteiger partial charge in [-0.25, -0.2) is 13.4 Å². The van der Waals surface area contributed by atoms with Crippen LogP contribution in [-0.2, 0) is 14.6 Å². The molecule has 0 aromatic carbocycles. The van der Waals surface area contributed by atoms with Crippen molar-refractivity contribution in [3.8, 4) is 0 Å². The Morgan fingerprint density at radius 2 is 2.00 bits per heavy atom. The molecule has 7 heteroatoms. The van der Waals surface area contributed by atoms with Gasteiger partial charge in [-0.3, -0.25) is 4.79 Å². The van der Waals surface area contributed by atoms with Gasteiger partial charge in [0.2, 0.25) is 5.91 Å². The van der Waals surface area contributed by atoms with E-state index in [0.29, 0.717) is 5.69 Å². The highest BCUT2D eigenvalue weighted by Gasteiger charge is 2.23. The van der Waals surface area contributed by atoms with Crippen LogP contribution in [0.4, 0.5) is 5.69 Å². The number of anilines is 1. The Kier molecular flexibility index (Phi) is 3.93. The third-order valence-corrected chi connectivity index (χ3v) is 3.28. The van der Waals surface area contributed by atoms with Crippen LogP contribution in [0, 0.1) is 0 Å². The standard InChI is InChI=1S/C10H13BrN2O3S/c1-10(2,11)9(14)13-7-4-5-8(12-6-7)17(3,15)16/h4-6H,1-3H3,(H,13,14). The van der Waals surface area contributed by atoms with E-state index in [1.165, 1.54) is 18.3 Å². The maximum Gasteiger partial charge on any atom is 0.240 e. The van der Waals surface area contributed by atoms with Crippen LogP contribution >= 0.6 is 15.9 Å². The van der Waals surface area contributed by atoms with E-state index in [9.17, 15) is 13.2 Å². The number of hydrogen-bond acceptors (Lipinski definition) is 4. The summed E-state index contributed by atoms with van der Waals surface area (Å²) in [4.78, 5) is 15.4. The average molecular weight is 321 g/mol. The quantitative estimate of drug-likeness (QED) is 0.858. The van der Waals surface area contributed by atoms with E-state index in [0.717, 1.165) is 6.26 Å². The van der Waals surface area contributed by atoms with Crippen LogP contribution in [0.2, 0.25) is 0 Å². The number of nitrogens with one attached hydrogen (secondary N) is 1. The van der Waals surface area contributed by atoms with Gasteiger partial charge >= 0.3 is 0 Å². The summed E-state index contributed by atoms with van der Waals surface area (Å²) < 4.78 is 21.6. The molecule has 0 fully saturated rings. The molecular weight excluding hydrogens is 308 g/mol. The van der Waals surface area contributed by atoms with E-state index in [2.05, 4.69) is 26.2 Å². The molecule has 0 aliphatic carbocycles. The zero-order valence-corrected chi connectivity index (χ0v) is 12.1. The molecule has 0 saturated heterocycles.